The molecule has 0 bridgehead atoms. The van der Waals surface area contributed by atoms with Crippen LogP contribution in [0.5, 0.6) is 0 Å². The first kappa shape index (κ1) is 14.3. The molecule has 108 valence electrons. The summed E-state index contributed by atoms with van der Waals surface area (Å²) in [6, 6.07) is 2.14. The molecule has 20 heavy (non-hydrogen) atoms. The average Bonchev–Trinajstić information content (AvgIpc) is 2.82. The molecule has 2 heterocycles. The Kier molecular flexibility index (Phi) is 4.57. The smallest absolute Gasteiger partial charge is 0.141 e. The van der Waals surface area contributed by atoms with Gasteiger partial charge in [0.1, 0.15) is 15.8 Å². The molecule has 0 amide bonds. The van der Waals surface area contributed by atoms with Crippen LogP contribution in [0.4, 0.5) is 0 Å². The molecule has 0 radical (unpaired) electrons. The van der Waals surface area contributed by atoms with E-state index in [2.05, 4.69) is 18.0 Å². The lowest BCUT2D eigenvalue weighted by atomic mass is 9.90. The number of hydrogen-bond acceptors (Lipinski definition) is 3. The number of nitrogens with zero attached hydrogens (tertiary/aromatic N) is 2. The molecule has 1 aliphatic carbocycles. The first-order valence-corrected chi connectivity index (χ1v) is 8.93. The summed E-state index contributed by atoms with van der Waals surface area (Å²) in [7, 11) is 0. The van der Waals surface area contributed by atoms with Gasteiger partial charge in [-0.15, -0.1) is 11.3 Å². The third kappa shape index (κ3) is 2.99. The van der Waals surface area contributed by atoms with Crippen molar-refractivity contribution in [2.24, 2.45) is 0 Å². The van der Waals surface area contributed by atoms with Crippen molar-refractivity contribution in [2.75, 3.05) is 0 Å². The normalized spacial score (nSPS) is 18.1. The number of hydrogen-bond donors (Lipinski definition) is 0. The summed E-state index contributed by atoms with van der Waals surface area (Å²) in [6.45, 7) is 2.17. The first-order chi connectivity index (χ1) is 9.78. The van der Waals surface area contributed by atoms with Gasteiger partial charge in [-0.05, 0) is 25.3 Å². The molecule has 0 unspecified atom stereocenters. The minimum Gasteiger partial charge on any atom is -0.222 e. The van der Waals surface area contributed by atoms with Crippen molar-refractivity contribution >= 4 is 33.2 Å². The third-order valence-corrected chi connectivity index (χ3v) is 5.69. The molecule has 2 aromatic heterocycles. The maximum Gasteiger partial charge on any atom is 0.141 e. The van der Waals surface area contributed by atoms with Gasteiger partial charge in [-0.25, -0.2) is 9.97 Å². The maximum atomic E-state index is 6.38. The van der Waals surface area contributed by atoms with E-state index in [0.717, 1.165) is 22.5 Å². The molecular formula is C16H21ClN2S. The highest BCUT2D eigenvalue weighted by molar-refractivity contribution is 7.18. The molecule has 1 saturated carbocycles. The Morgan fingerprint density at radius 1 is 1.15 bits per heavy atom. The molecule has 4 heteroatoms. The molecule has 0 N–H and O–H groups in total. The standard InChI is InChI=1S/C16H21ClN2S/c1-2-12-10-13-14(17)18-15(19-16(13)20-12)11-8-6-4-3-5-7-9-11/h10-11H,2-9H2,1H3. The van der Waals surface area contributed by atoms with E-state index >= 15 is 0 Å². The Labute approximate surface area is 129 Å². The van der Waals surface area contributed by atoms with E-state index in [-0.39, 0.29) is 0 Å². The summed E-state index contributed by atoms with van der Waals surface area (Å²) in [5, 5.41) is 1.67. The van der Waals surface area contributed by atoms with Crippen molar-refractivity contribution in [3.05, 3.63) is 21.9 Å². The minimum atomic E-state index is 0.504. The van der Waals surface area contributed by atoms with Crippen LogP contribution >= 0.6 is 22.9 Å². The van der Waals surface area contributed by atoms with E-state index in [0.29, 0.717) is 11.1 Å². The Bertz CT molecular complexity index is 585. The summed E-state index contributed by atoms with van der Waals surface area (Å²) in [4.78, 5) is 11.8. The predicted molar refractivity (Wildman–Crippen MR) is 86.9 cm³/mol. The molecular weight excluding hydrogens is 288 g/mol. The summed E-state index contributed by atoms with van der Waals surface area (Å²) in [5.41, 5.74) is 0. The zero-order valence-corrected chi connectivity index (χ0v) is 13.6. The second kappa shape index (κ2) is 6.40. The highest BCUT2D eigenvalue weighted by atomic mass is 35.5. The van der Waals surface area contributed by atoms with Crippen LogP contribution in [0.25, 0.3) is 10.2 Å². The predicted octanol–water partition coefficient (Wildman–Crippen LogP) is 5.74. The van der Waals surface area contributed by atoms with Gasteiger partial charge in [-0.3, -0.25) is 0 Å². The van der Waals surface area contributed by atoms with Gasteiger partial charge >= 0.3 is 0 Å². The fraction of sp³-hybridized carbons (Fsp3) is 0.625. The zero-order valence-electron chi connectivity index (χ0n) is 12.0. The highest BCUT2D eigenvalue weighted by Gasteiger charge is 2.19. The van der Waals surface area contributed by atoms with E-state index in [1.165, 1.54) is 49.8 Å². The van der Waals surface area contributed by atoms with Crippen LogP contribution in [0.1, 0.15) is 68.5 Å². The van der Waals surface area contributed by atoms with Gasteiger partial charge in [-0.2, -0.15) is 0 Å². The molecule has 0 atom stereocenters. The minimum absolute atomic E-state index is 0.504. The highest BCUT2D eigenvalue weighted by Crippen LogP contribution is 2.34. The number of halogens is 1. The Morgan fingerprint density at radius 3 is 2.55 bits per heavy atom. The topological polar surface area (TPSA) is 25.8 Å². The molecule has 3 rings (SSSR count). The molecule has 2 aromatic rings. The van der Waals surface area contributed by atoms with E-state index in [9.17, 15) is 0 Å². The largest absolute Gasteiger partial charge is 0.222 e. The third-order valence-electron chi connectivity index (χ3n) is 4.23. The lowest BCUT2D eigenvalue weighted by molar-refractivity contribution is 0.443. The van der Waals surface area contributed by atoms with Gasteiger partial charge in [-0.1, -0.05) is 50.6 Å². The van der Waals surface area contributed by atoms with Crippen molar-refractivity contribution in [1.29, 1.82) is 0 Å². The van der Waals surface area contributed by atoms with E-state index < -0.39 is 0 Å². The number of aryl methyl sites for hydroxylation is 1. The van der Waals surface area contributed by atoms with Gasteiger partial charge in [0.15, 0.2) is 0 Å². The fourth-order valence-electron chi connectivity index (χ4n) is 3.02. The van der Waals surface area contributed by atoms with E-state index in [1.807, 2.05) is 0 Å². The van der Waals surface area contributed by atoms with Crippen LogP contribution in [0.3, 0.4) is 0 Å². The van der Waals surface area contributed by atoms with Crippen LogP contribution in [0, 0.1) is 0 Å². The molecule has 2 nitrogen and oxygen atoms in total. The van der Waals surface area contributed by atoms with Crippen molar-refractivity contribution in [1.82, 2.24) is 9.97 Å². The zero-order chi connectivity index (χ0) is 13.9. The van der Waals surface area contributed by atoms with Crippen LogP contribution in [0.2, 0.25) is 5.15 Å². The van der Waals surface area contributed by atoms with Gasteiger partial charge < -0.3 is 0 Å². The van der Waals surface area contributed by atoms with Crippen molar-refractivity contribution in [2.45, 2.75) is 64.2 Å². The quantitative estimate of drug-likeness (QED) is 0.662. The SMILES string of the molecule is CCc1cc2c(Cl)nc(C3CCCCCCC3)nc2s1. The van der Waals surface area contributed by atoms with Crippen molar-refractivity contribution in [3.63, 3.8) is 0 Å². The average molecular weight is 309 g/mol. The molecule has 0 aliphatic heterocycles. The number of aromatic nitrogens is 2. The summed E-state index contributed by atoms with van der Waals surface area (Å²) < 4.78 is 0. The summed E-state index contributed by atoms with van der Waals surface area (Å²) in [6.07, 6.45) is 10.2. The lowest BCUT2D eigenvalue weighted by Crippen LogP contribution is -2.07. The van der Waals surface area contributed by atoms with Crippen LogP contribution in [0.15, 0.2) is 6.07 Å². The van der Waals surface area contributed by atoms with Gasteiger partial charge in [0.2, 0.25) is 0 Å². The second-order valence-corrected chi connectivity index (χ2v) is 7.17. The fourth-order valence-corrected chi connectivity index (χ4v) is 4.28. The first-order valence-electron chi connectivity index (χ1n) is 7.73. The van der Waals surface area contributed by atoms with Crippen LogP contribution < -0.4 is 0 Å². The molecule has 1 aliphatic rings. The number of fused-ring (bicyclic) bond motifs is 1. The summed E-state index contributed by atoms with van der Waals surface area (Å²) >= 11 is 8.14. The number of thiophene rings is 1. The number of rotatable bonds is 2. The van der Waals surface area contributed by atoms with Gasteiger partial charge in [0.25, 0.3) is 0 Å². The Balaban J connectivity index is 1.93. The van der Waals surface area contributed by atoms with E-state index in [1.54, 1.807) is 11.3 Å². The van der Waals surface area contributed by atoms with Crippen LogP contribution in [-0.2, 0) is 6.42 Å². The second-order valence-electron chi connectivity index (χ2n) is 5.70. The van der Waals surface area contributed by atoms with Crippen LogP contribution in [-0.4, -0.2) is 9.97 Å². The van der Waals surface area contributed by atoms with Crippen molar-refractivity contribution in [3.8, 4) is 0 Å². The molecule has 0 spiro atoms. The summed E-state index contributed by atoms with van der Waals surface area (Å²) in [5.74, 6) is 1.48. The molecule has 1 fully saturated rings. The van der Waals surface area contributed by atoms with Gasteiger partial charge in [0, 0.05) is 16.2 Å². The molecule has 0 aromatic carbocycles. The maximum absolute atomic E-state index is 6.38. The lowest BCUT2D eigenvalue weighted by Gasteiger charge is -2.18. The monoisotopic (exact) mass is 308 g/mol. The molecule has 0 saturated heterocycles. The van der Waals surface area contributed by atoms with Crippen molar-refractivity contribution < 1.29 is 0 Å². The Hall–Kier alpha value is -0.670. The van der Waals surface area contributed by atoms with E-state index in [4.69, 9.17) is 16.6 Å². The van der Waals surface area contributed by atoms with Gasteiger partial charge in [0.05, 0.1) is 0 Å². The Morgan fingerprint density at radius 2 is 1.85 bits per heavy atom.